The smallest absolute Gasteiger partial charge is 0.220 e. The summed E-state index contributed by atoms with van der Waals surface area (Å²) < 4.78 is -0.0456. The second-order valence-corrected chi connectivity index (χ2v) is 3.24. The maximum atomic E-state index is 10.3. The molecule has 0 aromatic carbocycles. The molecule has 1 nitrogen and oxygen atoms in total. The molecule has 0 N–H and O–H groups in total. The van der Waals surface area contributed by atoms with Crippen molar-refractivity contribution in [2.24, 2.45) is 5.92 Å². The Morgan fingerprint density at radius 1 is 1.70 bits per heavy atom. The summed E-state index contributed by atoms with van der Waals surface area (Å²) in [5, 5.41) is 0. The van der Waals surface area contributed by atoms with E-state index in [-0.39, 0.29) is 4.69 Å². The summed E-state index contributed by atoms with van der Waals surface area (Å²) in [7, 11) is 0. The van der Waals surface area contributed by atoms with Crippen molar-refractivity contribution in [3.8, 4) is 0 Å². The Labute approximate surface area is 70.6 Å². The fraction of sp³-hybridized carbons (Fsp3) is 0.625. The van der Waals surface area contributed by atoms with Gasteiger partial charge in [0.1, 0.15) is 0 Å². The van der Waals surface area contributed by atoms with Gasteiger partial charge in [-0.25, -0.2) is 0 Å². The minimum Gasteiger partial charge on any atom is -0.282 e. The molecule has 1 unspecified atom stereocenters. The van der Waals surface area contributed by atoms with Crippen molar-refractivity contribution in [1.29, 1.82) is 0 Å². The summed E-state index contributed by atoms with van der Waals surface area (Å²) >= 11 is 2.82. The number of halogens is 1. The van der Waals surface area contributed by atoms with Gasteiger partial charge in [0.25, 0.3) is 0 Å². The van der Waals surface area contributed by atoms with Crippen molar-refractivity contribution >= 4 is 20.6 Å². The Morgan fingerprint density at radius 2 is 2.30 bits per heavy atom. The van der Waals surface area contributed by atoms with Gasteiger partial charge in [-0.2, -0.15) is 0 Å². The Hall–Kier alpha value is -0.110. The van der Waals surface area contributed by atoms with Crippen LogP contribution in [0.25, 0.3) is 0 Å². The standard InChI is InChI=1S/C8H13BrO/c1-3-7(2)5-4-6-8(9)10/h4,6-7H,3,5H2,1-2H3/b6-4+. The Morgan fingerprint density at radius 3 is 2.70 bits per heavy atom. The number of hydrogen-bond acceptors (Lipinski definition) is 1. The number of carbonyl (C=O) groups excluding carboxylic acids is 1. The number of rotatable bonds is 4. The predicted octanol–water partition coefficient (Wildman–Crippen LogP) is 2.90. The average Bonchev–Trinajstić information content (AvgIpc) is 1.87. The minimum absolute atomic E-state index is 0.0456. The van der Waals surface area contributed by atoms with Crippen molar-refractivity contribution < 1.29 is 4.79 Å². The van der Waals surface area contributed by atoms with Crippen LogP contribution in [-0.2, 0) is 4.79 Å². The normalized spacial score (nSPS) is 13.9. The van der Waals surface area contributed by atoms with Crippen molar-refractivity contribution in [3.63, 3.8) is 0 Å². The first kappa shape index (κ1) is 9.89. The van der Waals surface area contributed by atoms with Crippen LogP contribution in [0, 0.1) is 5.92 Å². The zero-order valence-corrected chi connectivity index (χ0v) is 8.02. The van der Waals surface area contributed by atoms with E-state index in [0.717, 1.165) is 6.42 Å². The van der Waals surface area contributed by atoms with Crippen LogP contribution in [0.2, 0.25) is 0 Å². The Balaban J connectivity index is 3.43. The molecule has 0 bridgehead atoms. The van der Waals surface area contributed by atoms with Gasteiger partial charge in [-0.1, -0.05) is 26.3 Å². The third-order valence-corrected chi connectivity index (χ3v) is 1.75. The fourth-order valence-electron chi connectivity index (χ4n) is 0.560. The molecule has 1 atom stereocenters. The van der Waals surface area contributed by atoms with Crippen LogP contribution in [0.5, 0.6) is 0 Å². The van der Waals surface area contributed by atoms with E-state index in [4.69, 9.17) is 0 Å². The second kappa shape index (κ2) is 5.66. The number of carbonyl (C=O) groups is 1. The molecule has 0 radical (unpaired) electrons. The first-order valence-corrected chi connectivity index (χ1v) is 4.32. The topological polar surface area (TPSA) is 17.1 Å². The van der Waals surface area contributed by atoms with E-state index in [1.807, 2.05) is 6.08 Å². The highest BCUT2D eigenvalue weighted by Crippen LogP contribution is 2.06. The van der Waals surface area contributed by atoms with Crippen LogP contribution in [0.4, 0.5) is 0 Å². The van der Waals surface area contributed by atoms with Gasteiger partial charge in [0.05, 0.1) is 0 Å². The molecule has 0 rings (SSSR count). The summed E-state index contributed by atoms with van der Waals surface area (Å²) in [6, 6.07) is 0. The molecular formula is C8H13BrO. The van der Waals surface area contributed by atoms with Crippen molar-refractivity contribution in [2.45, 2.75) is 26.7 Å². The zero-order valence-electron chi connectivity index (χ0n) is 6.43. The highest BCUT2D eigenvalue weighted by atomic mass is 79.9. The SMILES string of the molecule is CCC(C)C/C=C/C(=O)Br. The van der Waals surface area contributed by atoms with Crippen LogP contribution in [0.3, 0.4) is 0 Å². The molecule has 0 amide bonds. The molecule has 0 heterocycles. The molecule has 0 saturated carbocycles. The maximum absolute atomic E-state index is 10.3. The minimum atomic E-state index is -0.0456. The number of allylic oxidation sites excluding steroid dienone is 2. The molecule has 2 heteroatoms. The zero-order chi connectivity index (χ0) is 7.98. The van der Waals surface area contributed by atoms with E-state index >= 15 is 0 Å². The van der Waals surface area contributed by atoms with Gasteiger partial charge < -0.3 is 0 Å². The highest BCUT2D eigenvalue weighted by Gasteiger charge is 1.93. The van der Waals surface area contributed by atoms with E-state index < -0.39 is 0 Å². The van der Waals surface area contributed by atoms with E-state index in [1.54, 1.807) is 6.08 Å². The Kier molecular flexibility index (Phi) is 5.60. The van der Waals surface area contributed by atoms with Gasteiger partial charge >= 0.3 is 0 Å². The van der Waals surface area contributed by atoms with Gasteiger partial charge in [-0.05, 0) is 34.3 Å². The quantitative estimate of drug-likeness (QED) is 0.509. The van der Waals surface area contributed by atoms with E-state index in [2.05, 4.69) is 29.8 Å². The van der Waals surface area contributed by atoms with E-state index in [0.29, 0.717) is 5.92 Å². The molecule has 0 aliphatic rings. The molecule has 0 saturated heterocycles. The predicted molar refractivity (Wildman–Crippen MR) is 47.1 cm³/mol. The summed E-state index contributed by atoms with van der Waals surface area (Å²) in [6.45, 7) is 4.32. The first-order chi connectivity index (χ1) is 4.66. The first-order valence-electron chi connectivity index (χ1n) is 3.52. The summed E-state index contributed by atoms with van der Waals surface area (Å²) in [5.41, 5.74) is 0. The van der Waals surface area contributed by atoms with Gasteiger partial charge in [0.2, 0.25) is 4.69 Å². The summed E-state index contributed by atoms with van der Waals surface area (Å²) in [5.74, 6) is 0.683. The highest BCUT2D eigenvalue weighted by molar-refractivity contribution is 9.18. The lowest BCUT2D eigenvalue weighted by Gasteiger charge is -2.00. The van der Waals surface area contributed by atoms with E-state index in [1.165, 1.54) is 6.42 Å². The molecule has 0 aliphatic heterocycles. The van der Waals surface area contributed by atoms with Crippen molar-refractivity contribution in [1.82, 2.24) is 0 Å². The van der Waals surface area contributed by atoms with Gasteiger partial charge in [-0.3, -0.25) is 4.79 Å². The molecule has 58 valence electrons. The third-order valence-electron chi connectivity index (χ3n) is 1.48. The third kappa shape index (κ3) is 6.02. The lowest BCUT2D eigenvalue weighted by atomic mass is 10.1. The lowest BCUT2D eigenvalue weighted by Crippen LogP contribution is -1.88. The average molecular weight is 205 g/mol. The fourth-order valence-corrected chi connectivity index (χ4v) is 0.747. The van der Waals surface area contributed by atoms with Crippen LogP contribution in [-0.4, -0.2) is 4.69 Å². The van der Waals surface area contributed by atoms with Crippen LogP contribution in [0.1, 0.15) is 26.7 Å². The largest absolute Gasteiger partial charge is 0.282 e. The summed E-state index contributed by atoms with van der Waals surface area (Å²) in [6.07, 6.45) is 5.63. The monoisotopic (exact) mass is 204 g/mol. The number of hydrogen-bond donors (Lipinski definition) is 0. The van der Waals surface area contributed by atoms with Crippen molar-refractivity contribution in [2.75, 3.05) is 0 Å². The van der Waals surface area contributed by atoms with E-state index in [9.17, 15) is 4.79 Å². The lowest BCUT2D eigenvalue weighted by molar-refractivity contribution is -0.106. The molecule has 0 fully saturated rings. The van der Waals surface area contributed by atoms with Gasteiger partial charge in [-0.15, -0.1) is 0 Å². The van der Waals surface area contributed by atoms with Gasteiger partial charge in [0.15, 0.2) is 0 Å². The molecular weight excluding hydrogens is 192 g/mol. The molecule has 10 heavy (non-hydrogen) atoms. The van der Waals surface area contributed by atoms with Gasteiger partial charge in [0, 0.05) is 0 Å². The van der Waals surface area contributed by atoms with Crippen LogP contribution in [0.15, 0.2) is 12.2 Å². The second-order valence-electron chi connectivity index (χ2n) is 2.46. The van der Waals surface area contributed by atoms with Crippen molar-refractivity contribution in [3.05, 3.63) is 12.2 Å². The Bertz CT molecular complexity index is 129. The van der Waals surface area contributed by atoms with Crippen LogP contribution < -0.4 is 0 Å². The molecule has 0 spiro atoms. The molecule has 0 aromatic heterocycles. The maximum Gasteiger partial charge on any atom is 0.220 e. The van der Waals surface area contributed by atoms with Crippen LogP contribution >= 0.6 is 15.9 Å². The summed E-state index contributed by atoms with van der Waals surface area (Å²) in [4.78, 5) is 10.3. The molecule has 0 aromatic rings. The molecule has 0 aliphatic carbocycles.